The first kappa shape index (κ1) is 41.3. The van der Waals surface area contributed by atoms with Crippen molar-refractivity contribution < 1.29 is 41.6 Å². The Labute approximate surface area is 309 Å². The van der Waals surface area contributed by atoms with Gasteiger partial charge in [-0.3, -0.25) is 8.42 Å². The zero-order valence-corrected chi connectivity index (χ0v) is 31.5. The van der Waals surface area contributed by atoms with Gasteiger partial charge in [0, 0.05) is 54.8 Å². The van der Waals surface area contributed by atoms with Gasteiger partial charge in [-0.25, -0.2) is 30.2 Å². The van der Waals surface area contributed by atoms with E-state index in [1.165, 1.54) is 22.3 Å². The van der Waals surface area contributed by atoms with Crippen LogP contribution >= 0.6 is 45.3 Å². The minimum Gasteiger partial charge on any atom is -2.00 e. The van der Waals surface area contributed by atoms with Crippen LogP contribution in [0, 0.1) is 27.7 Å². The Morgan fingerprint density at radius 3 is 1.10 bits per heavy atom. The van der Waals surface area contributed by atoms with E-state index >= 15 is 0 Å². The van der Waals surface area contributed by atoms with Crippen molar-refractivity contribution in [1.82, 2.24) is 30.4 Å². The van der Waals surface area contributed by atoms with Gasteiger partial charge in [0.05, 0.1) is 0 Å². The van der Waals surface area contributed by atoms with Gasteiger partial charge in [-0.15, -0.1) is 55.5 Å². The summed E-state index contributed by atoms with van der Waals surface area (Å²) >= 11 is 6.58. The van der Waals surface area contributed by atoms with Crippen molar-refractivity contribution >= 4 is 104 Å². The standard InChI is InChI=1S/2C14H13N5S2.H2O4S.O.V/c2*1-9-3-5-20-11(9)7-15-13-17-14(19-18-13)16-8-12-10(2)4-6-21-12;1-5(2,3)4;;/h2*3-8H,1-2H3,(H,17,18,19);(H2,1,2,3,4);;/q;;;-2;+4/p-2/b2*15-7-,16-8+;;;. The third-order valence-corrected chi connectivity index (χ3v) is 9.55. The fourth-order valence-corrected chi connectivity index (χ4v) is 6.40. The Hall–Kier alpha value is -3.83. The second-order valence-electron chi connectivity index (χ2n) is 9.23. The molecular formula is C28H26N10O5S5V. The number of thiophene rings is 4. The predicted octanol–water partition coefficient (Wildman–Crippen LogP) is 6.63. The molecule has 0 spiro atoms. The van der Waals surface area contributed by atoms with Crippen LogP contribution in [0.1, 0.15) is 41.8 Å². The Morgan fingerprint density at radius 1 is 0.592 bits per heavy atom. The largest absolute Gasteiger partial charge is 4.00 e. The fraction of sp³-hybridized carbons (Fsp3) is 0.143. The summed E-state index contributed by atoms with van der Waals surface area (Å²) in [7, 11) is -5.17. The van der Waals surface area contributed by atoms with E-state index in [1.54, 1.807) is 70.2 Å². The molecule has 0 saturated carbocycles. The SMILES string of the molecule is Cc1ccsc1/C=N\c1n[nH]c(/N=C/c2sccc2C)n1.Cc1ccsc1/C=N\c1n[nH]c(/N=C/c2sccc2C)n1.O=S(=O)([O-])[O-].[O-2].[V+4]. The first-order chi connectivity index (χ1) is 22.4. The first-order valence-corrected chi connectivity index (χ1v) is 18.1. The van der Waals surface area contributed by atoms with Gasteiger partial charge in [0.1, 0.15) is 0 Å². The summed E-state index contributed by atoms with van der Waals surface area (Å²) in [5, 5.41) is 21.7. The van der Waals surface area contributed by atoms with Crippen LogP contribution in [0.5, 0.6) is 0 Å². The third kappa shape index (κ3) is 14.3. The number of nitrogens with zero attached hydrogens (tertiary/aromatic N) is 8. The van der Waals surface area contributed by atoms with Gasteiger partial charge >= 0.3 is 18.6 Å². The summed E-state index contributed by atoms with van der Waals surface area (Å²) in [5.41, 5.74) is 4.81. The molecule has 49 heavy (non-hydrogen) atoms. The summed E-state index contributed by atoms with van der Waals surface area (Å²) in [6, 6.07) is 8.24. The second kappa shape index (κ2) is 20.0. The van der Waals surface area contributed by atoms with Crippen molar-refractivity contribution in [3.8, 4) is 0 Å². The maximum atomic E-state index is 8.52. The van der Waals surface area contributed by atoms with Crippen LogP contribution < -0.4 is 0 Å². The number of H-pyrrole nitrogens is 2. The quantitative estimate of drug-likeness (QED) is 0.0960. The molecule has 1 radical (unpaired) electrons. The van der Waals surface area contributed by atoms with E-state index in [0.717, 1.165) is 19.5 Å². The molecule has 253 valence electrons. The topological polar surface area (TPSA) is 241 Å². The summed E-state index contributed by atoms with van der Waals surface area (Å²) < 4.78 is 34.1. The van der Waals surface area contributed by atoms with Crippen LogP contribution in [0.25, 0.3) is 0 Å². The summed E-state index contributed by atoms with van der Waals surface area (Å²) in [6.07, 6.45) is 7.13. The van der Waals surface area contributed by atoms with Crippen LogP contribution in [-0.4, -0.2) is 72.7 Å². The molecule has 15 nitrogen and oxygen atoms in total. The van der Waals surface area contributed by atoms with Crippen LogP contribution in [0.4, 0.5) is 23.8 Å². The van der Waals surface area contributed by atoms with Crippen molar-refractivity contribution in [1.29, 1.82) is 0 Å². The van der Waals surface area contributed by atoms with Gasteiger partial charge in [0.25, 0.3) is 11.9 Å². The van der Waals surface area contributed by atoms with Gasteiger partial charge in [0.15, 0.2) is 0 Å². The van der Waals surface area contributed by atoms with E-state index in [1.807, 2.05) is 21.5 Å². The number of hydrogen-bond acceptors (Lipinski definition) is 16. The third-order valence-electron chi connectivity index (χ3n) is 5.73. The fourth-order valence-electron chi connectivity index (χ4n) is 3.26. The van der Waals surface area contributed by atoms with E-state index in [2.05, 4.69) is 102 Å². The molecule has 0 unspecified atom stereocenters. The Bertz CT molecular complexity index is 1850. The molecule has 0 aromatic carbocycles. The maximum absolute atomic E-state index is 8.52. The predicted molar refractivity (Wildman–Crippen MR) is 189 cm³/mol. The van der Waals surface area contributed by atoms with Gasteiger partial charge in [0.2, 0.25) is 11.9 Å². The van der Waals surface area contributed by atoms with Crippen LogP contribution in [0.3, 0.4) is 0 Å². The van der Waals surface area contributed by atoms with E-state index in [-0.39, 0.29) is 24.0 Å². The van der Waals surface area contributed by atoms with Crippen LogP contribution in [-0.2, 0) is 34.4 Å². The van der Waals surface area contributed by atoms with Crippen molar-refractivity contribution in [2.75, 3.05) is 0 Å². The van der Waals surface area contributed by atoms with Crippen molar-refractivity contribution in [2.45, 2.75) is 27.7 Å². The number of aromatic amines is 2. The summed E-state index contributed by atoms with van der Waals surface area (Å²) in [4.78, 5) is 29.9. The zero-order chi connectivity index (χ0) is 33.8. The molecule has 0 aliphatic heterocycles. The number of rotatable bonds is 8. The van der Waals surface area contributed by atoms with Gasteiger partial charge in [-0.1, -0.05) is 0 Å². The molecule has 6 heterocycles. The molecule has 6 rings (SSSR count). The molecule has 0 amide bonds. The molecule has 0 aliphatic carbocycles. The molecular weight excluding hydrogens is 768 g/mol. The molecule has 0 atom stereocenters. The van der Waals surface area contributed by atoms with Gasteiger partial charge < -0.3 is 14.6 Å². The number of aliphatic imine (C=N–C) groups is 4. The molecule has 21 heteroatoms. The number of hydrogen-bond donors (Lipinski definition) is 2. The van der Waals surface area contributed by atoms with E-state index in [9.17, 15) is 0 Å². The van der Waals surface area contributed by atoms with E-state index in [0.29, 0.717) is 23.8 Å². The Balaban J connectivity index is 0.000000289. The molecule has 0 fully saturated rings. The minimum absolute atomic E-state index is 0. The monoisotopic (exact) mass is 793 g/mol. The van der Waals surface area contributed by atoms with E-state index in [4.69, 9.17) is 17.5 Å². The number of nitrogens with one attached hydrogen (secondary N) is 2. The van der Waals surface area contributed by atoms with Gasteiger partial charge in [-0.05, 0) is 95.7 Å². The molecule has 2 N–H and O–H groups in total. The average molecular weight is 794 g/mol. The zero-order valence-electron chi connectivity index (χ0n) is 26.0. The molecule has 6 aromatic rings. The van der Waals surface area contributed by atoms with Crippen molar-refractivity contribution in [3.63, 3.8) is 0 Å². The van der Waals surface area contributed by atoms with E-state index < -0.39 is 10.4 Å². The molecule has 0 saturated heterocycles. The van der Waals surface area contributed by atoms with Crippen LogP contribution in [0.15, 0.2) is 65.8 Å². The molecule has 0 aliphatic rings. The Kier molecular flexibility index (Phi) is 16.9. The normalized spacial score (nSPS) is 11.4. The molecule has 0 bridgehead atoms. The average Bonchev–Trinajstić information content (AvgIpc) is 3.85. The van der Waals surface area contributed by atoms with Crippen molar-refractivity contribution in [3.05, 3.63) is 87.5 Å². The van der Waals surface area contributed by atoms with Crippen molar-refractivity contribution in [2.24, 2.45) is 20.0 Å². The number of aromatic nitrogens is 6. The van der Waals surface area contributed by atoms with Gasteiger partial charge in [-0.2, -0.15) is 9.97 Å². The van der Waals surface area contributed by atoms with Crippen LogP contribution in [0.2, 0.25) is 0 Å². The Morgan fingerprint density at radius 2 is 0.857 bits per heavy atom. The summed E-state index contributed by atoms with van der Waals surface area (Å²) in [5.74, 6) is 1.69. The maximum Gasteiger partial charge on any atom is 4.00 e. The minimum atomic E-state index is -5.17. The number of aryl methyl sites for hydroxylation is 4. The molecule has 6 aromatic heterocycles. The summed E-state index contributed by atoms with van der Waals surface area (Å²) in [6.45, 7) is 8.21. The first-order valence-electron chi connectivity index (χ1n) is 13.3. The second-order valence-corrected chi connectivity index (χ2v) is 13.8. The smallest absolute Gasteiger partial charge is 2.00 e.